The highest BCUT2D eigenvalue weighted by Crippen LogP contribution is 2.16. The van der Waals surface area contributed by atoms with Gasteiger partial charge in [0.1, 0.15) is 0 Å². The smallest absolute Gasteiger partial charge is 0.0352 e. The van der Waals surface area contributed by atoms with Crippen LogP contribution in [0.2, 0.25) is 0 Å². The molecule has 0 heterocycles. The van der Waals surface area contributed by atoms with Gasteiger partial charge >= 0.3 is 0 Å². The first-order valence-corrected chi connectivity index (χ1v) is 5.19. The molecular formula is C9H14NP. The third-order valence-corrected chi connectivity index (χ3v) is 2.92. The topological polar surface area (TPSA) is 26.0 Å². The van der Waals surface area contributed by atoms with E-state index in [2.05, 4.69) is 26.6 Å². The number of hydrogen-bond donors (Lipinski definition) is 1. The molecule has 1 aromatic carbocycles. The van der Waals surface area contributed by atoms with E-state index < -0.39 is 0 Å². The van der Waals surface area contributed by atoms with Crippen molar-refractivity contribution in [3.63, 3.8) is 0 Å². The predicted octanol–water partition coefficient (Wildman–Crippen LogP) is 1.82. The van der Waals surface area contributed by atoms with Crippen LogP contribution in [0.5, 0.6) is 0 Å². The van der Waals surface area contributed by atoms with Crippen molar-refractivity contribution < 1.29 is 0 Å². The lowest BCUT2D eigenvalue weighted by atomic mass is 10.1. The summed E-state index contributed by atoms with van der Waals surface area (Å²) in [5, 5.41) is 1.39. The maximum atomic E-state index is 5.80. The van der Waals surface area contributed by atoms with Crippen LogP contribution < -0.4 is 11.0 Å². The second-order valence-corrected chi connectivity index (χ2v) is 3.82. The Kier molecular flexibility index (Phi) is 2.51. The molecular weight excluding hydrogens is 153 g/mol. The zero-order chi connectivity index (χ0) is 8.43. The van der Waals surface area contributed by atoms with Crippen LogP contribution in [0.3, 0.4) is 0 Å². The number of benzene rings is 1. The lowest BCUT2D eigenvalue weighted by molar-refractivity contribution is 1.43. The highest BCUT2D eigenvalue weighted by Gasteiger charge is 1.99. The van der Waals surface area contributed by atoms with E-state index >= 15 is 0 Å². The molecule has 11 heavy (non-hydrogen) atoms. The maximum absolute atomic E-state index is 5.80. The van der Waals surface area contributed by atoms with E-state index in [1.165, 1.54) is 16.4 Å². The Morgan fingerprint density at radius 3 is 2.45 bits per heavy atom. The molecule has 1 unspecified atom stereocenters. The minimum Gasteiger partial charge on any atom is -0.398 e. The van der Waals surface area contributed by atoms with Crippen LogP contribution in [-0.2, 0) is 0 Å². The van der Waals surface area contributed by atoms with Crippen molar-refractivity contribution in [2.75, 3.05) is 12.4 Å². The van der Waals surface area contributed by atoms with Gasteiger partial charge in [-0.05, 0) is 43.0 Å². The van der Waals surface area contributed by atoms with Crippen LogP contribution >= 0.6 is 8.58 Å². The molecule has 1 aromatic rings. The second-order valence-electron chi connectivity index (χ2n) is 2.78. The van der Waals surface area contributed by atoms with Gasteiger partial charge in [-0.1, -0.05) is 14.6 Å². The summed E-state index contributed by atoms with van der Waals surface area (Å²) in [6.45, 7) is 6.35. The average Bonchev–Trinajstić information content (AvgIpc) is 1.96. The van der Waals surface area contributed by atoms with Gasteiger partial charge in [0.05, 0.1) is 0 Å². The average molecular weight is 167 g/mol. The Bertz CT molecular complexity index is 269. The van der Waals surface area contributed by atoms with E-state index in [-0.39, 0.29) is 0 Å². The second kappa shape index (κ2) is 3.23. The van der Waals surface area contributed by atoms with E-state index in [4.69, 9.17) is 5.73 Å². The summed E-state index contributed by atoms with van der Waals surface area (Å²) in [7, 11) is 0.842. The third kappa shape index (κ3) is 1.72. The fraction of sp³-hybridized carbons (Fsp3) is 0.333. The summed E-state index contributed by atoms with van der Waals surface area (Å²) >= 11 is 0. The Morgan fingerprint density at radius 1 is 1.27 bits per heavy atom. The molecule has 0 amide bonds. The van der Waals surface area contributed by atoms with Gasteiger partial charge in [-0.3, -0.25) is 0 Å². The van der Waals surface area contributed by atoms with E-state index in [0.717, 1.165) is 14.3 Å². The Hall–Kier alpha value is -0.550. The zero-order valence-electron chi connectivity index (χ0n) is 7.23. The van der Waals surface area contributed by atoms with Gasteiger partial charge in [0, 0.05) is 5.69 Å². The first kappa shape index (κ1) is 8.55. The molecule has 1 rings (SSSR count). The number of aryl methyl sites for hydroxylation is 1. The first-order valence-electron chi connectivity index (χ1n) is 3.69. The van der Waals surface area contributed by atoms with Crippen LogP contribution in [0.4, 0.5) is 5.69 Å². The molecule has 0 radical (unpaired) electrons. The summed E-state index contributed by atoms with van der Waals surface area (Å²) in [5.74, 6) is 0. The molecule has 60 valence electrons. The third-order valence-electron chi connectivity index (χ3n) is 1.86. The molecule has 0 aromatic heterocycles. The minimum atomic E-state index is 0.842. The quantitative estimate of drug-likeness (QED) is 0.501. The SMILES string of the molecule is CPc1cc(C)cc(N)c1C. The van der Waals surface area contributed by atoms with Crippen LogP contribution in [0.25, 0.3) is 0 Å². The van der Waals surface area contributed by atoms with Gasteiger partial charge in [-0.25, -0.2) is 0 Å². The van der Waals surface area contributed by atoms with Gasteiger partial charge < -0.3 is 5.73 Å². The molecule has 0 aliphatic heterocycles. The van der Waals surface area contributed by atoms with E-state index in [0.29, 0.717) is 0 Å². The number of nitrogens with two attached hydrogens (primary N) is 1. The Labute approximate surface area is 69.8 Å². The molecule has 2 N–H and O–H groups in total. The van der Waals surface area contributed by atoms with Crippen molar-refractivity contribution in [2.45, 2.75) is 13.8 Å². The van der Waals surface area contributed by atoms with Crippen molar-refractivity contribution in [3.05, 3.63) is 23.3 Å². The van der Waals surface area contributed by atoms with Gasteiger partial charge in [0.15, 0.2) is 0 Å². The van der Waals surface area contributed by atoms with Gasteiger partial charge in [-0.15, -0.1) is 0 Å². The molecule has 1 atom stereocenters. The minimum absolute atomic E-state index is 0.842. The van der Waals surface area contributed by atoms with E-state index in [1.807, 2.05) is 6.07 Å². The van der Waals surface area contributed by atoms with Gasteiger partial charge in [-0.2, -0.15) is 0 Å². The van der Waals surface area contributed by atoms with E-state index in [1.54, 1.807) is 0 Å². The number of anilines is 1. The lowest BCUT2D eigenvalue weighted by Crippen LogP contribution is -2.04. The van der Waals surface area contributed by atoms with Crippen LogP contribution in [-0.4, -0.2) is 6.66 Å². The Balaban J connectivity index is 3.24. The van der Waals surface area contributed by atoms with Crippen LogP contribution in [0, 0.1) is 13.8 Å². The molecule has 0 bridgehead atoms. The van der Waals surface area contributed by atoms with Crippen molar-refractivity contribution in [1.82, 2.24) is 0 Å². The van der Waals surface area contributed by atoms with Crippen molar-refractivity contribution in [2.24, 2.45) is 0 Å². The fourth-order valence-electron chi connectivity index (χ4n) is 1.15. The predicted molar refractivity (Wildman–Crippen MR) is 54.2 cm³/mol. The largest absolute Gasteiger partial charge is 0.398 e. The van der Waals surface area contributed by atoms with Crippen molar-refractivity contribution >= 4 is 19.6 Å². The molecule has 0 spiro atoms. The number of hydrogen-bond acceptors (Lipinski definition) is 1. The molecule has 0 aliphatic rings. The monoisotopic (exact) mass is 167 g/mol. The summed E-state index contributed by atoms with van der Waals surface area (Å²) < 4.78 is 0. The molecule has 2 heteroatoms. The normalized spacial score (nSPS) is 11.2. The molecule has 0 saturated heterocycles. The Morgan fingerprint density at radius 2 is 1.91 bits per heavy atom. The summed E-state index contributed by atoms with van der Waals surface area (Å²) in [4.78, 5) is 0. The highest BCUT2D eigenvalue weighted by atomic mass is 31.1. The fourth-order valence-corrected chi connectivity index (χ4v) is 2.04. The van der Waals surface area contributed by atoms with E-state index in [9.17, 15) is 0 Å². The molecule has 0 saturated carbocycles. The highest BCUT2D eigenvalue weighted by molar-refractivity contribution is 7.46. The molecule has 0 fully saturated rings. The zero-order valence-corrected chi connectivity index (χ0v) is 8.23. The van der Waals surface area contributed by atoms with Gasteiger partial charge in [0.25, 0.3) is 0 Å². The van der Waals surface area contributed by atoms with Crippen LogP contribution in [0.15, 0.2) is 12.1 Å². The standard InChI is InChI=1S/C9H14NP/c1-6-4-8(10)7(2)9(5-6)11-3/h4-5,11H,10H2,1-3H3. The van der Waals surface area contributed by atoms with Crippen molar-refractivity contribution in [3.8, 4) is 0 Å². The molecule has 1 nitrogen and oxygen atoms in total. The summed E-state index contributed by atoms with van der Waals surface area (Å²) in [6, 6.07) is 4.24. The summed E-state index contributed by atoms with van der Waals surface area (Å²) in [5.41, 5.74) is 9.24. The van der Waals surface area contributed by atoms with Gasteiger partial charge in [0.2, 0.25) is 0 Å². The number of rotatable bonds is 1. The van der Waals surface area contributed by atoms with Crippen LogP contribution in [0.1, 0.15) is 11.1 Å². The maximum Gasteiger partial charge on any atom is 0.0352 e. The molecule has 0 aliphatic carbocycles. The van der Waals surface area contributed by atoms with Crippen molar-refractivity contribution in [1.29, 1.82) is 0 Å². The summed E-state index contributed by atoms with van der Waals surface area (Å²) in [6.07, 6.45) is 0. The number of nitrogen functional groups attached to an aromatic ring is 1. The first-order chi connectivity index (χ1) is 5.15. The lowest BCUT2D eigenvalue weighted by Gasteiger charge is -2.07.